The maximum Gasteiger partial charge on any atom is 0.293 e. The summed E-state index contributed by atoms with van der Waals surface area (Å²) in [6.07, 6.45) is 3.20. The number of hydrogen-bond donors (Lipinski definition) is 1. The number of nitrogens with zero attached hydrogens (tertiary/aromatic N) is 3. The van der Waals surface area contributed by atoms with E-state index in [1.807, 2.05) is 12.1 Å². The first-order valence-corrected chi connectivity index (χ1v) is 9.61. The third-order valence-corrected chi connectivity index (χ3v) is 5.08. The molecule has 1 N–H and O–H groups in total. The molecule has 2 aromatic carbocycles. The number of hydrazone groups is 1. The van der Waals surface area contributed by atoms with Crippen LogP contribution >= 0.6 is 50.7 Å². The summed E-state index contributed by atoms with van der Waals surface area (Å²) in [4.78, 5) is 12.3. The van der Waals surface area contributed by atoms with Crippen molar-refractivity contribution >= 4 is 62.9 Å². The van der Waals surface area contributed by atoms with E-state index in [1.54, 1.807) is 41.2 Å². The molecule has 0 fully saturated rings. The lowest BCUT2D eigenvalue weighted by Crippen LogP contribution is -2.19. The van der Waals surface area contributed by atoms with Crippen molar-refractivity contribution in [3.8, 4) is 0 Å². The maximum atomic E-state index is 12.3. The van der Waals surface area contributed by atoms with Crippen molar-refractivity contribution in [2.24, 2.45) is 5.10 Å². The van der Waals surface area contributed by atoms with Gasteiger partial charge in [0.25, 0.3) is 5.91 Å². The molecule has 0 radical (unpaired) electrons. The minimum Gasteiger partial charge on any atom is -0.266 e. The topological polar surface area (TPSA) is 59.3 Å². The number of hydrogen-bond acceptors (Lipinski definition) is 3. The number of benzene rings is 2. The van der Waals surface area contributed by atoms with Crippen molar-refractivity contribution in [3.05, 3.63) is 85.0 Å². The Kier molecular flexibility index (Phi) is 6.55. The molecule has 0 aliphatic heterocycles. The smallest absolute Gasteiger partial charge is 0.266 e. The molecule has 0 spiro atoms. The van der Waals surface area contributed by atoms with Gasteiger partial charge in [-0.1, -0.05) is 53.0 Å². The summed E-state index contributed by atoms with van der Waals surface area (Å²) in [5.41, 5.74) is 4.39. The van der Waals surface area contributed by atoms with Gasteiger partial charge in [-0.25, -0.2) is 5.43 Å². The van der Waals surface area contributed by atoms with Crippen molar-refractivity contribution in [1.29, 1.82) is 0 Å². The van der Waals surface area contributed by atoms with Crippen LogP contribution in [0.1, 0.15) is 21.6 Å². The largest absolute Gasteiger partial charge is 0.293 e. The Morgan fingerprint density at radius 1 is 1.15 bits per heavy atom. The van der Waals surface area contributed by atoms with Gasteiger partial charge in [-0.15, -0.1) is 0 Å². The van der Waals surface area contributed by atoms with Crippen molar-refractivity contribution in [2.45, 2.75) is 6.54 Å². The number of aromatic nitrogens is 2. The lowest BCUT2D eigenvalue weighted by atomic mass is 10.2. The monoisotopic (exact) mass is 484 g/mol. The molecule has 0 saturated carbocycles. The molecular formula is C18H12BrCl3N4O. The van der Waals surface area contributed by atoms with Crippen LogP contribution in [0.3, 0.4) is 0 Å². The molecule has 1 aromatic heterocycles. The summed E-state index contributed by atoms with van der Waals surface area (Å²) in [6.45, 7) is 0.510. The molecule has 0 atom stereocenters. The third-order valence-electron chi connectivity index (χ3n) is 3.51. The number of amides is 1. The Labute approximate surface area is 179 Å². The van der Waals surface area contributed by atoms with Gasteiger partial charge in [-0.05, 0) is 51.3 Å². The molecule has 0 aliphatic carbocycles. The van der Waals surface area contributed by atoms with Gasteiger partial charge in [0.15, 0.2) is 5.69 Å². The summed E-state index contributed by atoms with van der Waals surface area (Å²) < 4.78 is 2.23. The van der Waals surface area contributed by atoms with Crippen LogP contribution in [-0.2, 0) is 6.54 Å². The van der Waals surface area contributed by atoms with Crippen LogP contribution in [0.5, 0.6) is 0 Å². The molecule has 0 unspecified atom stereocenters. The molecular weight excluding hydrogens is 474 g/mol. The molecule has 1 amide bonds. The van der Waals surface area contributed by atoms with Gasteiger partial charge in [-0.2, -0.15) is 10.2 Å². The van der Waals surface area contributed by atoms with E-state index in [0.717, 1.165) is 5.56 Å². The van der Waals surface area contributed by atoms with Crippen molar-refractivity contribution < 1.29 is 4.79 Å². The highest BCUT2D eigenvalue weighted by molar-refractivity contribution is 9.10. The van der Waals surface area contributed by atoms with E-state index in [1.165, 1.54) is 6.21 Å². The second-order valence-corrected chi connectivity index (χ2v) is 7.63. The first-order valence-electron chi connectivity index (χ1n) is 7.68. The Morgan fingerprint density at radius 3 is 2.59 bits per heavy atom. The fourth-order valence-electron chi connectivity index (χ4n) is 2.22. The van der Waals surface area contributed by atoms with Gasteiger partial charge >= 0.3 is 0 Å². The Balaban J connectivity index is 1.66. The minimum absolute atomic E-state index is 0.232. The second-order valence-electron chi connectivity index (χ2n) is 5.52. The zero-order chi connectivity index (χ0) is 19.4. The number of rotatable bonds is 5. The lowest BCUT2D eigenvalue weighted by Gasteiger charge is -2.02. The molecule has 27 heavy (non-hydrogen) atoms. The van der Waals surface area contributed by atoms with Crippen LogP contribution in [-0.4, -0.2) is 21.9 Å². The molecule has 138 valence electrons. The highest BCUT2D eigenvalue weighted by atomic mass is 79.9. The molecule has 0 saturated heterocycles. The van der Waals surface area contributed by atoms with E-state index < -0.39 is 5.91 Å². The molecule has 5 nitrogen and oxygen atoms in total. The predicted octanol–water partition coefficient (Wildman–Crippen LogP) is 5.42. The fraction of sp³-hybridized carbons (Fsp3) is 0.0556. The average molecular weight is 487 g/mol. The summed E-state index contributed by atoms with van der Waals surface area (Å²) in [6, 6.07) is 12.5. The number of carbonyl (C=O) groups excluding carboxylic acids is 1. The van der Waals surface area contributed by atoms with Crippen LogP contribution in [0, 0.1) is 0 Å². The van der Waals surface area contributed by atoms with Crippen LogP contribution in [0.15, 0.2) is 58.2 Å². The van der Waals surface area contributed by atoms with E-state index in [0.29, 0.717) is 31.6 Å². The molecule has 9 heteroatoms. The lowest BCUT2D eigenvalue weighted by molar-refractivity contribution is 0.0948. The van der Waals surface area contributed by atoms with Gasteiger partial charge in [0, 0.05) is 11.2 Å². The fourth-order valence-corrected chi connectivity index (χ4v) is 3.15. The van der Waals surface area contributed by atoms with Crippen molar-refractivity contribution in [3.63, 3.8) is 0 Å². The van der Waals surface area contributed by atoms with E-state index in [-0.39, 0.29) is 5.69 Å². The van der Waals surface area contributed by atoms with Gasteiger partial charge in [0.05, 0.1) is 27.3 Å². The number of nitrogens with one attached hydrogen (secondary N) is 1. The predicted molar refractivity (Wildman–Crippen MR) is 112 cm³/mol. The number of carbonyl (C=O) groups is 1. The Morgan fingerprint density at radius 2 is 1.89 bits per heavy atom. The zero-order valence-electron chi connectivity index (χ0n) is 13.7. The molecule has 1 heterocycles. The highest BCUT2D eigenvalue weighted by Gasteiger charge is 2.15. The van der Waals surface area contributed by atoms with Gasteiger partial charge < -0.3 is 0 Å². The SMILES string of the molecule is O=C(NN=Cc1ccc(Cl)c(Cl)c1)c1nn(Cc2ccc(Cl)cc2)cc1Br. The standard InChI is InChI=1S/C18H12BrCl3N4O/c19-14-10-26(9-11-1-4-13(20)5-2-11)25-17(14)18(27)24-23-8-12-3-6-15(21)16(22)7-12/h1-8,10H,9H2,(H,24,27). The maximum absolute atomic E-state index is 12.3. The molecule has 3 rings (SSSR count). The van der Waals surface area contributed by atoms with Gasteiger partial charge in [0.2, 0.25) is 0 Å². The Bertz CT molecular complexity index is 1000. The van der Waals surface area contributed by atoms with Crippen molar-refractivity contribution in [2.75, 3.05) is 0 Å². The molecule has 3 aromatic rings. The minimum atomic E-state index is -0.437. The first kappa shape index (κ1) is 19.9. The summed E-state index contributed by atoms with van der Waals surface area (Å²) in [5.74, 6) is -0.437. The summed E-state index contributed by atoms with van der Waals surface area (Å²) in [5, 5.41) is 9.74. The first-order chi connectivity index (χ1) is 12.9. The van der Waals surface area contributed by atoms with E-state index in [2.05, 4.69) is 31.6 Å². The van der Waals surface area contributed by atoms with Gasteiger partial charge in [-0.3, -0.25) is 9.48 Å². The third kappa shape index (κ3) is 5.32. The molecule has 0 bridgehead atoms. The van der Waals surface area contributed by atoms with E-state index in [9.17, 15) is 4.79 Å². The van der Waals surface area contributed by atoms with Crippen LogP contribution in [0.2, 0.25) is 15.1 Å². The average Bonchev–Trinajstić information content (AvgIpc) is 3.00. The van der Waals surface area contributed by atoms with E-state index >= 15 is 0 Å². The van der Waals surface area contributed by atoms with Gasteiger partial charge in [0.1, 0.15) is 0 Å². The Hall–Kier alpha value is -1.86. The van der Waals surface area contributed by atoms with Crippen molar-refractivity contribution in [1.82, 2.24) is 15.2 Å². The summed E-state index contributed by atoms with van der Waals surface area (Å²) in [7, 11) is 0. The van der Waals surface area contributed by atoms with Crippen LogP contribution < -0.4 is 5.43 Å². The second kappa shape index (κ2) is 8.89. The highest BCUT2D eigenvalue weighted by Crippen LogP contribution is 2.22. The van der Waals surface area contributed by atoms with Crippen LogP contribution in [0.25, 0.3) is 0 Å². The van der Waals surface area contributed by atoms with E-state index in [4.69, 9.17) is 34.8 Å². The summed E-state index contributed by atoms with van der Waals surface area (Å²) >= 11 is 21.0. The zero-order valence-corrected chi connectivity index (χ0v) is 17.5. The quantitative estimate of drug-likeness (QED) is 0.387. The molecule has 0 aliphatic rings. The number of halogens is 4. The van der Waals surface area contributed by atoms with Crippen LogP contribution in [0.4, 0.5) is 0 Å². The normalized spacial score (nSPS) is 11.1.